The topological polar surface area (TPSA) is 23.6 Å². The zero-order chi connectivity index (χ0) is 15.2. The second kappa shape index (κ2) is 7.30. The molecule has 114 valence electrons. The first-order valence-electron chi connectivity index (χ1n) is 7.95. The Kier molecular flexibility index (Phi) is 5.43. The van der Waals surface area contributed by atoms with Gasteiger partial charge < -0.3 is 9.80 Å². The van der Waals surface area contributed by atoms with Crippen LogP contribution < -0.4 is 0 Å². The predicted octanol–water partition coefficient (Wildman–Crippen LogP) is 3.94. The molecule has 0 spiro atoms. The molecule has 1 atom stereocenters. The summed E-state index contributed by atoms with van der Waals surface area (Å²) in [6.07, 6.45) is 5.93. The second-order valence-electron chi connectivity index (χ2n) is 5.62. The summed E-state index contributed by atoms with van der Waals surface area (Å²) in [5, 5.41) is 0. The van der Waals surface area contributed by atoms with Gasteiger partial charge in [-0.2, -0.15) is 0 Å². The van der Waals surface area contributed by atoms with Crippen LogP contribution in [0.2, 0.25) is 0 Å². The van der Waals surface area contributed by atoms with Crippen molar-refractivity contribution in [3.8, 4) is 0 Å². The number of hydrogen-bond donors (Lipinski definition) is 0. The molecule has 0 radical (unpaired) electrons. The maximum atomic E-state index is 12.6. The van der Waals surface area contributed by atoms with E-state index in [1.165, 1.54) is 11.3 Å². The number of carbonyl (C=O) groups excluding carboxylic acids is 1. The fourth-order valence-electron chi connectivity index (χ4n) is 2.91. The van der Waals surface area contributed by atoms with Gasteiger partial charge in [0.25, 0.3) is 0 Å². The van der Waals surface area contributed by atoms with Gasteiger partial charge in [0, 0.05) is 19.2 Å². The maximum Gasteiger partial charge on any atom is 0.224 e. The number of rotatable bonds is 5. The lowest BCUT2D eigenvalue weighted by atomic mass is 10.1. The Hall–Kier alpha value is -1.77. The van der Waals surface area contributed by atoms with E-state index < -0.39 is 0 Å². The van der Waals surface area contributed by atoms with Crippen LogP contribution in [0.1, 0.15) is 51.3 Å². The molecule has 1 aromatic carbocycles. The Labute approximate surface area is 128 Å². The number of amides is 1. The highest BCUT2D eigenvalue weighted by Gasteiger charge is 2.36. The molecule has 1 aliphatic rings. The summed E-state index contributed by atoms with van der Waals surface area (Å²) in [7, 11) is 2.09. The number of benzene rings is 1. The molecule has 0 aromatic heterocycles. The number of nitrogens with zero attached hydrogens (tertiary/aromatic N) is 2. The zero-order valence-corrected chi connectivity index (χ0v) is 13.4. The Balaban J connectivity index is 2.27. The van der Waals surface area contributed by atoms with E-state index in [9.17, 15) is 4.79 Å². The molecule has 3 nitrogen and oxygen atoms in total. The summed E-state index contributed by atoms with van der Waals surface area (Å²) in [5.74, 6) is 0.261. The average molecular weight is 286 g/mol. The van der Waals surface area contributed by atoms with Gasteiger partial charge in [0.1, 0.15) is 6.17 Å². The van der Waals surface area contributed by atoms with Crippen LogP contribution in [0.3, 0.4) is 0 Å². The number of carbonyl (C=O) groups is 1. The van der Waals surface area contributed by atoms with Crippen LogP contribution in [0.4, 0.5) is 0 Å². The quantitative estimate of drug-likeness (QED) is 0.818. The normalized spacial score (nSPS) is 20.3. The first kappa shape index (κ1) is 15.6. The van der Waals surface area contributed by atoms with Crippen molar-refractivity contribution < 1.29 is 4.79 Å². The van der Waals surface area contributed by atoms with Crippen molar-refractivity contribution in [3.05, 3.63) is 47.7 Å². The second-order valence-corrected chi connectivity index (χ2v) is 5.62. The van der Waals surface area contributed by atoms with Gasteiger partial charge in [-0.25, -0.2) is 0 Å². The van der Waals surface area contributed by atoms with Crippen molar-refractivity contribution in [3.63, 3.8) is 0 Å². The third kappa shape index (κ3) is 3.46. The van der Waals surface area contributed by atoms with Crippen LogP contribution in [0.25, 0.3) is 0 Å². The molecule has 0 N–H and O–H groups in total. The molecule has 1 unspecified atom stereocenters. The molecule has 0 aliphatic carbocycles. The molecule has 1 saturated heterocycles. The van der Waals surface area contributed by atoms with E-state index in [1.807, 2.05) is 23.1 Å². The first-order valence-corrected chi connectivity index (χ1v) is 7.95. The highest BCUT2D eigenvalue weighted by Crippen LogP contribution is 2.34. The van der Waals surface area contributed by atoms with Gasteiger partial charge in [0.2, 0.25) is 5.91 Å². The summed E-state index contributed by atoms with van der Waals surface area (Å²) < 4.78 is 0. The van der Waals surface area contributed by atoms with Crippen LogP contribution >= 0.6 is 0 Å². The van der Waals surface area contributed by atoms with Gasteiger partial charge in [0.05, 0.1) is 6.54 Å². The van der Waals surface area contributed by atoms with Gasteiger partial charge in [-0.1, -0.05) is 56.7 Å². The standard InChI is InChI=1S/C18H26N2O/c1-4-6-13-17(21)20-14-16(10-5-2)19(3)18(20)15-11-8-7-9-12-15/h7-12,18H,4-6,13-14H2,1-3H3/b16-10+. The summed E-state index contributed by atoms with van der Waals surface area (Å²) in [6.45, 7) is 4.99. The molecule has 1 fully saturated rings. The van der Waals surface area contributed by atoms with Crippen molar-refractivity contribution in [1.82, 2.24) is 9.80 Å². The molecule has 1 aromatic rings. The van der Waals surface area contributed by atoms with Crippen molar-refractivity contribution in [2.24, 2.45) is 0 Å². The third-order valence-electron chi connectivity index (χ3n) is 4.05. The average Bonchev–Trinajstić information content (AvgIpc) is 2.83. The van der Waals surface area contributed by atoms with E-state index in [-0.39, 0.29) is 12.1 Å². The Morgan fingerprint density at radius 2 is 2.00 bits per heavy atom. The minimum atomic E-state index is 0.0355. The minimum absolute atomic E-state index is 0.0355. The summed E-state index contributed by atoms with van der Waals surface area (Å²) >= 11 is 0. The lowest BCUT2D eigenvalue weighted by Gasteiger charge is -2.29. The highest BCUT2D eigenvalue weighted by molar-refractivity contribution is 5.77. The molecule has 0 bridgehead atoms. The van der Waals surface area contributed by atoms with Gasteiger partial charge in [-0.3, -0.25) is 4.79 Å². The van der Waals surface area contributed by atoms with E-state index in [1.54, 1.807) is 0 Å². The van der Waals surface area contributed by atoms with Gasteiger partial charge in [0.15, 0.2) is 0 Å². The maximum absolute atomic E-state index is 12.6. The van der Waals surface area contributed by atoms with E-state index in [0.717, 1.165) is 25.8 Å². The molecule has 1 amide bonds. The first-order chi connectivity index (χ1) is 10.2. The Bertz CT molecular complexity index is 495. The Morgan fingerprint density at radius 3 is 2.62 bits per heavy atom. The van der Waals surface area contributed by atoms with Crippen molar-refractivity contribution in [2.45, 2.75) is 45.7 Å². The van der Waals surface area contributed by atoms with E-state index in [2.05, 4.69) is 44.0 Å². The lowest BCUT2D eigenvalue weighted by Crippen LogP contribution is -2.33. The van der Waals surface area contributed by atoms with Crippen molar-refractivity contribution >= 4 is 5.91 Å². The SMILES string of the molecule is CC/C=C1\CN(C(=O)CCCC)C(c2ccccc2)N1C. The minimum Gasteiger partial charge on any atom is -0.353 e. The molecule has 3 heteroatoms. The largest absolute Gasteiger partial charge is 0.353 e. The predicted molar refractivity (Wildman–Crippen MR) is 86.6 cm³/mol. The van der Waals surface area contributed by atoms with Crippen LogP contribution in [-0.2, 0) is 4.79 Å². The third-order valence-corrected chi connectivity index (χ3v) is 4.05. The summed E-state index contributed by atoms with van der Waals surface area (Å²) in [5.41, 5.74) is 2.43. The van der Waals surface area contributed by atoms with E-state index in [0.29, 0.717) is 6.42 Å². The van der Waals surface area contributed by atoms with Crippen LogP contribution in [0, 0.1) is 0 Å². The Morgan fingerprint density at radius 1 is 1.29 bits per heavy atom. The molecular formula is C18H26N2O. The van der Waals surface area contributed by atoms with Crippen molar-refractivity contribution in [2.75, 3.05) is 13.6 Å². The van der Waals surface area contributed by atoms with Gasteiger partial charge >= 0.3 is 0 Å². The van der Waals surface area contributed by atoms with Crippen LogP contribution in [0.15, 0.2) is 42.1 Å². The van der Waals surface area contributed by atoms with Crippen LogP contribution in [-0.4, -0.2) is 29.3 Å². The number of likely N-dealkylation sites (N-methyl/N-ethyl adjacent to an activating group) is 1. The lowest BCUT2D eigenvalue weighted by molar-refractivity contribution is -0.133. The summed E-state index contributed by atoms with van der Waals surface area (Å²) in [6, 6.07) is 10.3. The molecular weight excluding hydrogens is 260 g/mol. The van der Waals surface area contributed by atoms with Gasteiger partial charge in [-0.05, 0) is 18.4 Å². The summed E-state index contributed by atoms with van der Waals surface area (Å²) in [4.78, 5) is 16.8. The number of unbranched alkanes of at least 4 members (excludes halogenated alkanes) is 1. The molecule has 1 heterocycles. The number of allylic oxidation sites excluding steroid dienone is 1. The van der Waals surface area contributed by atoms with Crippen LogP contribution in [0.5, 0.6) is 0 Å². The monoisotopic (exact) mass is 286 g/mol. The van der Waals surface area contributed by atoms with Gasteiger partial charge in [-0.15, -0.1) is 0 Å². The van der Waals surface area contributed by atoms with E-state index in [4.69, 9.17) is 0 Å². The highest BCUT2D eigenvalue weighted by atomic mass is 16.2. The molecule has 21 heavy (non-hydrogen) atoms. The smallest absolute Gasteiger partial charge is 0.224 e. The van der Waals surface area contributed by atoms with Crippen molar-refractivity contribution in [1.29, 1.82) is 0 Å². The molecule has 1 aliphatic heterocycles. The molecule has 2 rings (SSSR count). The number of hydrogen-bond acceptors (Lipinski definition) is 2. The zero-order valence-electron chi connectivity index (χ0n) is 13.4. The van der Waals surface area contributed by atoms with E-state index >= 15 is 0 Å². The fourth-order valence-corrected chi connectivity index (χ4v) is 2.91. The molecule has 0 saturated carbocycles. The fraction of sp³-hybridized carbons (Fsp3) is 0.500.